The molecule has 0 saturated heterocycles. The van der Waals surface area contributed by atoms with Crippen LogP contribution < -0.4 is 5.06 Å². The second-order valence-corrected chi connectivity index (χ2v) is 8.81. The number of ketones is 1. The summed E-state index contributed by atoms with van der Waals surface area (Å²) in [5, 5.41) is 11.6. The van der Waals surface area contributed by atoms with E-state index in [1.807, 2.05) is 60.7 Å². The number of aromatic nitrogens is 1. The molecule has 6 heteroatoms. The Morgan fingerprint density at radius 3 is 2.48 bits per heavy atom. The number of fused-ring (bicyclic) bond motifs is 3. The maximum atomic E-state index is 13.1. The van der Waals surface area contributed by atoms with E-state index in [1.165, 1.54) is 18.3 Å². The van der Waals surface area contributed by atoms with Crippen LogP contribution in [0.5, 0.6) is 0 Å². The molecule has 5 nitrogen and oxygen atoms in total. The molecule has 2 aromatic carbocycles. The lowest BCUT2D eigenvalue weighted by Crippen LogP contribution is -2.41. The van der Waals surface area contributed by atoms with Crippen LogP contribution in [0.2, 0.25) is 0 Å². The molecule has 4 atom stereocenters. The normalized spacial score (nSPS) is 24.9. The molecule has 1 amide bonds. The topological polar surface area (TPSA) is 70.5 Å². The van der Waals surface area contributed by atoms with Crippen LogP contribution in [-0.2, 0) is 9.59 Å². The lowest BCUT2D eigenvalue weighted by atomic mass is 9.80. The van der Waals surface area contributed by atoms with Gasteiger partial charge >= 0.3 is 0 Å². The Morgan fingerprint density at radius 2 is 1.76 bits per heavy atom. The largest absolute Gasteiger partial charge is 0.300 e. The number of rotatable bonds is 4. The zero-order valence-corrected chi connectivity index (χ0v) is 16.7. The first-order valence-corrected chi connectivity index (χ1v) is 10.5. The van der Waals surface area contributed by atoms with Crippen molar-refractivity contribution in [2.75, 3.05) is 5.06 Å². The van der Waals surface area contributed by atoms with Crippen molar-refractivity contribution in [2.45, 2.75) is 13.3 Å². The Hall–Kier alpha value is -2.83. The van der Waals surface area contributed by atoms with Gasteiger partial charge in [0.1, 0.15) is 5.78 Å². The van der Waals surface area contributed by atoms with E-state index in [1.54, 1.807) is 0 Å². The summed E-state index contributed by atoms with van der Waals surface area (Å²) in [7, 11) is 0. The van der Waals surface area contributed by atoms with E-state index in [0.29, 0.717) is 5.06 Å². The van der Waals surface area contributed by atoms with Crippen LogP contribution >= 0.6 is 11.3 Å². The third kappa shape index (κ3) is 2.99. The SMILES string of the molecule is CC(=O)[C@H]1C2C=CC(C2)[C@H]1C(=O)N(O)c1nc2ccc(-c3ccccc3)cc2s1. The number of thiazole rings is 1. The molecule has 2 unspecified atom stereocenters. The summed E-state index contributed by atoms with van der Waals surface area (Å²) in [6, 6.07) is 15.9. The smallest absolute Gasteiger partial charge is 0.257 e. The standard InChI is InChI=1S/C23H20N2O3S/c1-13(26)20-16-7-8-17(11-16)21(20)22(27)25(28)23-24-18-10-9-15(12-19(18)29-23)14-5-3-2-4-6-14/h2-10,12,16-17,20-21,28H,11H2,1H3/t16?,17?,20-,21+/m0/s1. The number of hydrogen-bond donors (Lipinski definition) is 1. The number of hydroxylamine groups is 1. The van der Waals surface area contributed by atoms with Gasteiger partial charge in [-0.15, -0.1) is 0 Å². The van der Waals surface area contributed by atoms with Crippen molar-refractivity contribution >= 4 is 38.4 Å². The number of benzene rings is 2. The maximum absolute atomic E-state index is 13.1. The van der Waals surface area contributed by atoms with Crippen molar-refractivity contribution < 1.29 is 14.8 Å². The molecule has 1 heterocycles. The van der Waals surface area contributed by atoms with Crippen LogP contribution in [0, 0.1) is 23.7 Å². The molecule has 0 spiro atoms. The second-order valence-electron chi connectivity index (χ2n) is 7.81. The highest BCUT2D eigenvalue weighted by Gasteiger charge is 2.51. The highest BCUT2D eigenvalue weighted by atomic mass is 32.1. The fourth-order valence-corrected chi connectivity index (χ4v) is 5.68. The molecular weight excluding hydrogens is 384 g/mol. The van der Waals surface area contributed by atoms with E-state index >= 15 is 0 Å². The van der Waals surface area contributed by atoms with Crippen LogP contribution in [0.25, 0.3) is 21.3 Å². The number of allylic oxidation sites excluding steroid dienone is 2. The molecule has 2 aliphatic carbocycles. The van der Waals surface area contributed by atoms with Gasteiger partial charge in [0.2, 0.25) is 5.13 Å². The molecule has 0 aliphatic heterocycles. The van der Waals surface area contributed by atoms with Crippen LogP contribution in [0.15, 0.2) is 60.7 Å². The first-order chi connectivity index (χ1) is 14.0. The summed E-state index contributed by atoms with van der Waals surface area (Å²) >= 11 is 1.27. The van der Waals surface area contributed by atoms with Gasteiger partial charge in [-0.25, -0.2) is 4.98 Å². The van der Waals surface area contributed by atoms with E-state index in [4.69, 9.17) is 0 Å². The molecule has 146 valence electrons. The van der Waals surface area contributed by atoms with Gasteiger partial charge in [0.05, 0.1) is 16.1 Å². The molecule has 5 rings (SSSR count). The summed E-state index contributed by atoms with van der Waals surface area (Å²) < 4.78 is 0.893. The van der Waals surface area contributed by atoms with Gasteiger partial charge in [-0.2, -0.15) is 5.06 Å². The first-order valence-electron chi connectivity index (χ1n) is 9.70. The third-order valence-corrected chi connectivity index (χ3v) is 7.08. The van der Waals surface area contributed by atoms with Gasteiger partial charge in [-0.3, -0.25) is 14.8 Å². The molecular formula is C23H20N2O3S. The van der Waals surface area contributed by atoms with Crippen LogP contribution in [0.3, 0.4) is 0 Å². The number of carbonyl (C=O) groups is 2. The number of anilines is 1. The number of amides is 1. The van der Waals surface area contributed by atoms with E-state index in [-0.39, 0.29) is 28.7 Å². The van der Waals surface area contributed by atoms with Gasteiger partial charge in [0, 0.05) is 5.92 Å². The minimum Gasteiger partial charge on any atom is -0.300 e. The van der Waals surface area contributed by atoms with Gasteiger partial charge in [0.15, 0.2) is 0 Å². The summed E-state index contributed by atoms with van der Waals surface area (Å²) in [6.07, 6.45) is 4.84. The van der Waals surface area contributed by atoms with E-state index in [9.17, 15) is 14.8 Å². The Bertz CT molecular complexity index is 1140. The van der Waals surface area contributed by atoms with Gasteiger partial charge in [-0.1, -0.05) is 59.9 Å². The van der Waals surface area contributed by atoms with Crippen molar-refractivity contribution in [2.24, 2.45) is 23.7 Å². The highest BCUT2D eigenvalue weighted by Crippen LogP contribution is 2.49. The fourth-order valence-electron chi connectivity index (χ4n) is 4.76. The van der Waals surface area contributed by atoms with Gasteiger partial charge in [0.25, 0.3) is 5.91 Å². The average Bonchev–Trinajstić information content (AvgIpc) is 3.46. The molecule has 2 aliphatic rings. The zero-order chi connectivity index (χ0) is 20.1. The van der Waals surface area contributed by atoms with E-state index in [0.717, 1.165) is 27.8 Å². The van der Waals surface area contributed by atoms with E-state index in [2.05, 4.69) is 4.98 Å². The van der Waals surface area contributed by atoms with Crippen LogP contribution in [0.1, 0.15) is 13.3 Å². The predicted octanol–water partition coefficient (Wildman–Crippen LogP) is 4.71. The Labute approximate surface area is 172 Å². The van der Waals surface area contributed by atoms with Crippen LogP contribution in [0.4, 0.5) is 5.13 Å². The summed E-state index contributed by atoms with van der Waals surface area (Å²) in [5.41, 5.74) is 2.88. The van der Waals surface area contributed by atoms with E-state index < -0.39 is 11.8 Å². The number of nitrogens with zero attached hydrogens (tertiary/aromatic N) is 2. The van der Waals surface area contributed by atoms with Crippen molar-refractivity contribution in [1.29, 1.82) is 0 Å². The molecule has 1 fully saturated rings. The second kappa shape index (κ2) is 6.90. The maximum Gasteiger partial charge on any atom is 0.257 e. The van der Waals surface area contributed by atoms with Gasteiger partial charge in [-0.05, 0) is 48.4 Å². The molecule has 1 aromatic heterocycles. The molecule has 1 saturated carbocycles. The lowest BCUT2D eigenvalue weighted by Gasteiger charge is -2.27. The van der Waals surface area contributed by atoms with Crippen molar-refractivity contribution in [3.63, 3.8) is 0 Å². The fraction of sp³-hybridized carbons (Fsp3) is 0.261. The highest BCUT2D eigenvalue weighted by molar-refractivity contribution is 7.22. The number of hydrogen-bond acceptors (Lipinski definition) is 5. The van der Waals surface area contributed by atoms with Crippen LogP contribution in [-0.4, -0.2) is 21.9 Å². The number of Topliss-reactive ketones (excluding diaryl/α,β-unsaturated/α-hetero) is 1. The molecule has 0 radical (unpaired) electrons. The van der Waals surface area contributed by atoms with Crippen molar-refractivity contribution in [1.82, 2.24) is 4.98 Å². The quantitative estimate of drug-likeness (QED) is 0.388. The summed E-state index contributed by atoms with van der Waals surface area (Å²) in [6.45, 7) is 1.53. The zero-order valence-electron chi connectivity index (χ0n) is 15.9. The molecule has 1 N–H and O–H groups in total. The molecule has 2 bridgehead atoms. The minimum atomic E-state index is -0.514. The van der Waals surface area contributed by atoms with Crippen molar-refractivity contribution in [3.8, 4) is 11.1 Å². The summed E-state index contributed by atoms with van der Waals surface area (Å²) in [5.74, 6) is -1.20. The minimum absolute atomic E-state index is 0.00500. The lowest BCUT2D eigenvalue weighted by molar-refractivity contribution is -0.134. The Morgan fingerprint density at radius 1 is 1.03 bits per heavy atom. The molecule has 29 heavy (non-hydrogen) atoms. The van der Waals surface area contributed by atoms with Crippen molar-refractivity contribution in [3.05, 3.63) is 60.7 Å². The summed E-state index contributed by atoms with van der Waals surface area (Å²) in [4.78, 5) is 29.6. The first kappa shape index (κ1) is 18.2. The third-order valence-electron chi connectivity index (χ3n) is 6.09. The monoisotopic (exact) mass is 404 g/mol. The predicted molar refractivity (Wildman–Crippen MR) is 113 cm³/mol. The number of carbonyl (C=O) groups excluding carboxylic acids is 2. The van der Waals surface area contributed by atoms with Gasteiger partial charge < -0.3 is 0 Å². The Balaban J connectivity index is 1.45. The average molecular weight is 404 g/mol. The Kier molecular flexibility index (Phi) is 4.33. The molecule has 3 aromatic rings.